The Kier molecular flexibility index (Phi) is 7.49. The van der Waals surface area contributed by atoms with Crippen LogP contribution in [0.1, 0.15) is 53.4 Å². The van der Waals surface area contributed by atoms with Gasteiger partial charge in [-0.25, -0.2) is 0 Å². The normalized spacial score (nSPS) is 22.6. The first kappa shape index (κ1) is 17.9. The van der Waals surface area contributed by atoms with Crippen molar-refractivity contribution in [1.82, 2.24) is 15.1 Å². The van der Waals surface area contributed by atoms with Crippen molar-refractivity contribution in [3.8, 4) is 0 Å². The van der Waals surface area contributed by atoms with Crippen LogP contribution in [0.4, 0.5) is 0 Å². The topological polar surface area (TPSA) is 18.5 Å². The zero-order valence-corrected chi connectivity index (χ0v) is 14.7. The Hall–Kier alpha value is -0.120. The van der Waals surface area contributed by atoms with E-state index in [2.05, 4.69) is 56.9 Å². The largest absolute Gasteiger partial charge is 0.313 e. The third-order valence-corrected chi connectivity index (χ3v) is 4.47. The monoisotopic (exact) mass is 283 g/mol. The summed E-state index contributed by atoms with van der Waals surface area (Å²) < 4.78 is 0. The second-order valence-corrected chi connectivity index (χ2v) is 7.76. The van der Waals surface area contributed by atoms with E-state index in [1.165, 1.54) is 45.3 Å². The molecule has 1 N–H and O–H groups in total. The number of hydrogen-bond acceptors (Lipinski definition) is 3. The van der Waals surface area contributed by atoms with Crippen molar-refractivity contribution in [3.05, 3.63) is 0 Å². The molecule has 0 saturated carbocycles. The lowest BCUT2D eigenvalue weighted by atomic mass is 9.84. The molecule has 0 amide bonds. The van der Waals surface area contributed by atoms with Gasteiger partial charge in [-0.05, 0) is 64.8 Å². The molecule has 20 heavy (non-hydrogen) atoms. The van der Waals surface area contributed by atoms with Gasteiger partial charge in [0.25, 0.3) is 0 Å². The first-order valence-electron chi connectivity index (χ1n) is 8.46. The Morgan fingerprint density at radius 3 is 2.55 bits per heavy atom. The molecular formula is C17H37N3. The molecule has 1 aliphatic rings. The van der Waals surface area contributed by atoms with Crippen molar-refractivity contribution in [1.29, 1.82) is 0 Å². The number of rotatable bonds is 8. The summed E-state index contributed by atoms with van der Waals surface area (Å²) >= 11 is 0. The first-order chi connectivity index (χ1) is 9.34. The fourth-order valence-electron chi connectivity index (χ4n) is 3.27. The Morgan fingerprint density at radius 2 is 2.00 bits per heavy atom. The van der Waals surface area contributed by atoms with Gasteiger partial charge >= 0.3 is 0 Å². The molecule has 2 unspecified atom stereocenters. The highest BCUT2D eigenvalue weighted by Crippen LogP contribution is 2.24. The lowest BCUT2D eigenvalue weighted by Crippen LogP contribution is -2.45. The summed E-state index contributed by atoms with van der Waals surface area (Å²) in [4.78, 5) is 5.05. The maximum Gasteiger partial charge on any atom is 0.0223 e. The van der Waals surface area contributed by atoms with Crippen LogP contribution in [-0.4, -0.2) is 62.2 Å². The van der Waals surface area contributed by atoms with Crippen LogP contribution >= 0.6 is 0 Å². The van der Waals surface area contributed by atoms with Crippen LogP contribution < -0.4 is 5.32 Å². The molecular weight excluding hydrogens is 246 g/mol. The van der Waals surface area contributed by atoms with Crippen molar-refractivity contribution in [2.24, 2.45) is 5.41 Å². The van der Waals surface area contributed by atoms with E-state index in [4.69, 9.17) is 0 Å². The van der Waals surface area contributed by atoms with Crippen molar-refractivity contribution in [2.75, 3.05) is 40.3 Å². The number of likely N-dealkylation sites (tertiary alicyclic amines) is 1. The highest BCUT2D eigenvalue weighted by molar-refractivity contribution is 4.85. The molecule has 0 radical (unpaired) electrons. The highest BCUT2D eigenvalue weighted by Gasteiger charge is 2.28. The SMILES string of the molecule is CCCNC(CCN1CCCC1CN(C)C)C(C)(C)C. The molecule has 3 heteroatoms. The minimum atomic E-state index is 0.353. The summed E-state index contributed by atoms with van der Waals surface area (Å²) in [5.74, 6) is 0. The number of nitrogens with one attached hydrogen (secondary N) is 1. The van der Waals surface area contributed by atoms with E-state index in [9.17, 15) is 0 Å². The molecule has 1 fully saturated rings. The fraction of sp³-hybridized carbons (Fsp3) is 1.00. The molecule has 2 atom stereocenters. The van der Waals surface area contributed by atoms with Gasteiger partial charge in [-0.15, -0.1) is 0 Å². The Morgan fingerprint density at radius 1 is 1.30 bits per heavy atom. The summed E-state index contributed by atoms with van der Waals surface area (Å²) in [5, 5.41) is 3.75. The van der Waals surface area contributed by atoms with Crippen LogP contribution in [-0.2, 0) is 0 Å². The molecule has 0 bridgehead atoms. The second kappa shape index (κ2) is 8.35. The molecule has 0 aromatic heterocycles. The van der Waals surface area contributed by atoms with Gasteiger partial charge in [-0.3, -0.25) is 4.90 Å². The number of nitrogens with zero attached hydrogens (tertiary/aromatic N) is 2. The van der Waals surface area contributed by atoms with Crippen LogP contribution in [0.15, 0.2) is 0 Å². The number of hydrogen-bond donors (Lipinski definition) is 1. The summed E-state index contributed by atoms with van der Waals surface area (Å²) in [5.41, 5.74) is 0.353. The van der Waals surface area contributed by atoms with Crippen molar-refractivity contribution >= 4 is 0 Å². The number of likely N-dealkylation sites (N-methyl/N-ethyl adjacent to an activating group) is 1. The van der Waals surface area contributed by atoms with E-state index in [-0.39, 0.29) is 0 Å². The smallest absolute Gasteiger partial charge is 0.0223 e. The van der Waals surface area contributed by atoms with E-state index in [1.807, 2.05) is 0 Å². The predicted octanol–water partition coefficient (Wildman–Crippen LogP) is 2.82. The summed E-state index contributed by atoms with van der Waals surface area (Å²) in [6.07, 6.45) is 5.24. The third-order valence-electron chi connectivity index (χ3n) is 4.47. The van der Waals surface area contributed by atoms with Crippen molar-refractivity contribution < 1.29 is 0 Å². The van der Waals surface area contributed by atoms with Gasteiger partial charge in [0.05, 0.1) is 0 Å². The van der Waals surface area contributed by atoms with Gasteiger partial charge in [-0.2, -0.15) is 0 Å². The van der Waals surface area contributed by atoms with Crippen LogP contribution in [0.2, 0.25) is 0 Å². The molecule has 0 aromatic rings. The van der Waals surface area contributed by atoms with Crippen molar-refractivity contribution in [3.63, 3.8) is 0 Å². The fourth-order valence-corrected chi connectivity index (χ4v) is 3.27. The summed E-state index contributed by atoms with van der Waals surface area (Å²) in [6.45, 7) is 14.2. The van der Waals surface area contributed by atoms with Crippen LogP contribution in [0.25, 0.3) is 0 Å². The van der Waals surface area contributed by atoms with E-state index in [0.717, 1.165) is 12.6 Å². The zero-order chi connectivity index (χ0) is 15.2. The Balaban J connectivity index is 2.45. The van der Waals surface area contributed by atoms with Gasteiger partial charge in [0, 0.05) is 18.6 Å². The van der Waals surface area contributed by atoms with Gasteiger partial charge in [0.1, 0.15) is 0 Å². The summed E-state index contributed by atoms with van der Waals surface area (Å²) in [6, 6.07) is 1.40. The maximum absolute atomic E-state index is 3.75. The standard InChI is InChI=1S/C17H37N3/c1-7-11-18-16(17(2,3)4)10-13-20-12-8-9-15(20)14-19(5)6/h15-16,18H,7-14H2,1-6H3. The van der Waals surface area contributed by atoms with Gasteiger partial charge < -0.3 is 10.2 Å². The second-order valence-electron chi connectivity index (χ2n) is 7.76. The Bertz CT molecular complexity index is 257. The average molecular weight is 284 g/mol. The zero-order valence-electron chi connectivity index (χ0n) is 14.7. The molecule has 1 aliphatic heterocycles. The lowest BCUT2D eigenvalue weighted by molar-refractivity contribution is 0.175. The Labute approximate surface area is 127 Å². The molecule has 1 heterocycles. The quantitative estimate of drug-likeness (QED) is 0.739. The van der Waals surface area contributed by atoms with Crippen LogP contribution in [0, 0.1) is 5.41 Å². The van der Waals surface area contributed by atoms with E-state index < -0.39 is 0 Å². The van der Waals surface area contributed by atoms with Gasteiger partial charge in [0.2, 0.25) is 0 Å². The molecule has 1 saturated heterocycles. The third kappa shape index (κ3) is 6.11. The highest BCUT2D eigenvalue weighted by atomic mass is 15.2. The molecule has 0 spiro atoms. The van der Waals surface area contributed by atoms with Gasteiger partial charge in [-0.1, -0.05) is 27.7 Å². The van der Waals surface area contributed by atoms with E-state index in [1.54, 1.807) is 0 Å². The van der Waals surface area contributed by atoms with E-state index in [0.29, 0.717) is 11.5 Å². The van der Waals surface area contributed by atoms with Gasteiger partial charge in [0.15, 0.2) is 0 Å². The van der Waals surface area contributed by atoms with Crippen molar-refractivity contribution in [2.45, 2.75) is 65.5 Å². The van der Waals surface area contributed by atoms with Crippen LogP contribution in [0.5, 0.6) is 0 Å². The molecule has 120 valence electrons. The average Bonchev–Trinajstić information content (AvgIpc) is 2.74. The predicted molar refractivity (Wildman–Crippen MR) is 89.3 cm³/mol. The maximum atomic E-state index is 3.75. The molecule has 1 rings (SSSR count). The molecule has 3 nitrogen and oxygen atoms in total. The summed E-state index contributed by atoms with van der Waals surface area (Å²) in [7, 11) is 4.38. The van der Waals surface area contributed by atoms with Crippen LogP contribution in [0.3, 0.4) is 0 Å². The first-order valence-corrected chi connectivity index (χ1v) is 8.46. The molecule has 0 aromatic carbocycles. The minimum Gasteiger partial charge on any atom is -0.313 e. The molecule has 0 aliphatic carbocycles. The van der Waals surface area contributed by atoms with E-state index >= 15 is 0 Å². The lowest BCUT2D eigenvalue weighted by Gasteiger charge is -2.34. The minimum absolute atomic E-state index is 0.353.